The molecule has 0 aliphatic rings. The lowest BCUT2D eigenvalue weighted by molar-refractivity contribution is 0.0992. The van der Waals surface area contributed by atoms with Crippen molar-refractivity contribution in [2.24, 2.45) is 0 Å². The first-order chi connectivity index (χ1) is 15.2. The number of hydrogen-bond donors (Lipinski definition) is 1. The Hall–Kier alpha value is -4.51. The topological polar surface area (TPSA) is 102 Å². The lowest BCUT2D eigenvalue weighted by Gasteiger charge is -2.08. The molecular weight excluding hydrogens is 396 g/mol. The summed E-state index contributed by atoms with van der Waals surface area (Å²) < 4.78 is 18.0. The van der Waals surface area contributed by atoms with Crippen molar-refractivity contribution < 1.29 is 18.7 Å². The average molecular weight is 414 g/mol. The fraction of sp³-hybridized carbons (Fsp3) is 0.0870. The molecule has 0 atom stereocenters. The quantitative estimate of drug-likeness (QED) is 0.487. The molecule has 0 bridgehead atoms. The van der Waals surface area contributed by atoms with Gasteiger partial charge >= 0.3 is 0 Å². The molecule has 0 unspecified atom stereocenters. The van der Waals surface area contributed by atoms with Crippen LogP contribution in [0.15, 0.2) is 77.3 Å². The number of benzene rings is 2. The third-order valence-electron chi connectivity index (χ3n) is 4.43. The first-order valence-corrected chi connectivity index (χ1v) is 9.38. The van der Waals surface area contributed by atoms with E-state index < -0.39 is 5.91 Å². The third-order valence-corrected chi connectivity index (χ3v) is 4.43. The van der Waals surface area contributed by atoms with E-state index in [1.807, 2.05) is 48.5 Å². The second kappa shape index (κ2) is 8.88. The summed E-state index contributed by atoms with van der Waals surface area (Å²) in [6, 6.07) is 21.6. The van der Waals surface area contributed by atoms with Gasteiger partial charge < -0.3 is 19.2 Å². The summed E-state index contributed by atoms with van der Waals surface area (Å²) in [4.78, 5) is 12.7. The normalized spacial score (nSPS) is 10.3. The Morgan fingerprint density at radius 3 is 2.71 bits per heavy atom. The van der Waals surface area contributed by atoms with E-state index in [4.69, 9.17) is 13.9 Å². The van der Waals surface area contributed by atoms with E-state index in [0.29, 0.717) is 22.9 Å². The molecule has 2 aromatic heterocycles. The number of rotatable bonds is 7. The van der Waals surface area contributed by atoms with Gasteiger partial charge in [0.2, 0.25) is 0 Å². The number of amides is 1. The third kappa shape index (κ3) is 4.41. The molecule has 8 heteroatoms. The molecule has 0 radical (unpaired) electrons. The van der Waals surface area contributed by atoms with Gasteiger partial charge in [-0.1, -0.05) is 24.3 Å². The number of hydrogen-bond acceptors (Lipinski definition) is 6. The lowest BCUT2D eigenvalue weighted by atomic mass is 10.3. The van der Waals surface area contributed by atoms with Gasteiger partial charge in [-0.05, 0) is 36.4 Å². The van der Waals surface area contributed by atoms with E-state index in [1.54, 1.807) is 31.4 Å². The van der Waals surface area contributed by atoms with Crippen LogP contribution in [0.2, 0.25) is 0 Å². The van der Waals surface area contributed by atoms with Gasteiger partial charge in [-0.15, -0.1) is 0 Å². The van der Waals surface area contributed by atoms with Crippen molar-refractivity contribution >= 4 is 11.7 Å². The largest absolute Gasteiger partial charge is 0.497 e. The number of ether oxygens (including phenoxy) is 2. The molecule has 2 heterocycles. The van der Waals surface area contributed by atoms with E-state index in [9.17, 15) is 10.1 Å². The second-order valence-corrected chi connectivity index (χ2v) is 6.45. The predicted octanol–water partition coefficient (Wildman–Crippen LogP) is 4.18. The SMILES string of the molecule is COc1cccc(OCc2ccc(C(=O)Nc3c(C#N)cnn3-c3ccccc3)o2)c1. The summed E-state index contributed by atoms with van der Waals surface area (Å²) >= 11 is 0. The number of nitrogens with one attached hydrogen (secondary N) is 1. The number of para-hydroxylation sites is 1. The highest BCUT2D eigenvalue weighted by molar-refractivity contribution is 6.02. The number of anilines is 1. The van der Waals surface area contributed by atoms with E-state index >= 15 is 0 Å². The van der Waals surface area contributed by atoms with Crippen molar-refractivity contribution in [2.75, 3.05) is 12.4 Å². The Bertz CT molecular complexity index is 1240. The molecule has 0 aliphatic heterocycles. The zero-order valence-electron chi connectivity index (χ0n) is 16.6. The highest BCUT2D eigenvalue weighted by atomic mass is 16.5. The van der Waals surface area contributed by atoms with Crippen LogP contribution < -0.4 is 14.8 Å². The van der Waals surface area contributed by atoms with E-state index in [1.165, 1.54) is 10.9 Å². The molecule has 154 valence electrons. The molecule has 1 amide bonds. The Balaban J connectivity index is 1.47. The van der Waals surface area contributed by atoms with Crippen LogP contribution in [0.1, 0.15) is 21.9 Å². The number of furan rings is 1. The van der Waals surface area contributed by atoms with Gasteiger partial charge in [0.15, 0.2) is 11.6 Å². The Labute approximate surface area is 178 Å². The summed E-state index contributed by atoms with van der Waals surface area (Å²) in [6.07, 6.45) is 1.40. The van der Waals surface area contributed by atoms with Crippen LogP contribution in [0.4, 0.5) is 5.82 Å². The number of carbonyl (C=O) groups is 1. The molecule has 0 spiro atoms. The predicted molar refractivity (Wildman–Crippen MR) is 112 cm³/mol. The van der Waals surface area contributed by atoms with Crippen molar-refractivity contribution in [3.63, 3.8) is 0 Å². The molecule has 1 N–H and O–H groups in total. The zero-order valence-corrected chi connectivity index (χ0v) is 16.6. The number of nitriles is 1. The standard InChI is InChI=1S/C23H18N4O4/c1-29-18-8-5-9-19(12-18)30-15-20-10-11-21(31-20)23(28)26-22-16(13-24)14-25-27(22)17-6-3-2-4-7-17/h2-12,14H,15H2,1H3,(H,26,28). The van der Waals surface area contributed by atoms with Crippen molar-refractivity contribution in [1.82, 2.24) is 9.78 Å². The molecule has 0 aliphatic carbocycles. The first-order valence-electron chi connectivity index (χ1n) is 9.38. The fourth-order valence-corrected chi connectivity index (χ4v) is 2.91. The Morgan fingerprint density at radius 2 is 1.94 bits per heavy atom. The van der Waals surface area contributed by atoms with Crippen molar-refractivity contribution in [1.29, 1.82) is 5.26 Å². The highest BCUT2D eigenvalue weighted by Gasteiger charge is 2.18. The number of carbonyl (C=O) groups excluding carboxylic acids is 1. The lowest BCUT2D eigenvalue weighted by Crippen LogP contribution is -2.15. The molecule has 4 aromatic rings. The van der Waals surface area contributed by atoms with E-state index in [-0.39, 0.29) is 23.7 Å². The smallest absolute Gasteiger partial charge is 0.292 e. The molecule has 8 nitrogen and oxygen atoms in total. The highest BCUT2D eigenvalue weighted by Crippen LogP contribution is 2.22. The van der Waals surface area contributed by atoms with Crippen molar-refractivity contribution in [3.8, 4) is 23.3 Å². The molecule has 2 aromatic carbocycles. The summed E-state index contributed by atoms with van der Waals surface area (Å²) in [5.41, 5.74) is 0.955. The van der Waals surface area contributed by atoms with Crippen LogP contribution in [0.5, 0.6) is 11.5 Å². The Morgan fingerprint density at radius 1 is 1.13 bits per heavy atom. The van der Waals surface area contributed by atoms with Gasteiger partial charge in [-0.25, -0.2) is 4.68 Å². The molecule has 0 fully saturated rings. The maximum absolute atomic E-state index is 12.7. The molecule has 0 saturated heterocycles. The average Bonchev–Trinajstić information content (AvgIpc) is 3.45. The van der Waals surface area contributed by atoms with Gasteiger partial charge in [0.05, 0.1) is 19.0 Å². The minimum Gasteiger partial charge on any atom is -0.497 e. The molecule has 4 rings (SSSR count). The molecule has 31 heavy (non-hydrogen) atoms. The Kier molecular flexibility index (Phi) is 5.67. The van der Waals surface area contributed by atoms with Gasteiger partial charge in [0, 0.05) is 6.07 Å². The van der Waals surface area contributed by atoms with E-state index in [0.717, 1.165) is 0 Å². The van der Waals surface area contributed by atoms with Gasteiger partial charge in [0.1, 0.15) is 35.5 Å². The minimum absolute atomic E-state index is 0.0916. The summed E-state index contributed by atoms with van der Waals surface area (Å²) in [5.74, 6) is 1.64. The summed E-state index contributed by atoms with van der Waals surface area (Å²) in [7, 11) is 1.58. The first kappa shape index (κ1) is 19.8. The van der Waals surface area contributed by atoms with Gasteiger partial charge in [-0.2, -0.15) is 10.4 Å². The molecular formula is C23H18N4O4. The monoisotopic (exact) mass is 414 g/mol. The van der Waals surface area contributed by atoms with Gasteiger partial charge in [-0.3, -0.25) is 4.79 Å². The van der Waals surface area contributed by atoms with Crippen LogP contribution in [-0.2, 0) is 6.61 Å². The number of methoxy groups -OCH3 is 1. The maximum atomic E-state index is 12.7. The fourth-order valence-electron chi connectivity index (χ4n) is 2.91. The van der Waals surface area contributed by atoms with Crippen LogP contribution in [0.25, 0.3) is 5.69 Å². The van der Waals surface area contributed by atoms with Crippen molar-refractivity contribution in [2.45, 2.75) is 6.61 Å². The van der Waals surface area contributed by atoms with E-state index in [2.05, 4.69) is 10.4 Å². The zero-order chi connectivity index (χ0) is 21.6. The van der Waals surface area contributed by atoms with Crippen LogP contribution in [0, 0.1) is 11.3 Å². The summed E-state index contributed by atoms with van der Waals surface area (Å²) in [6.45, 7) is 0.145. The van der Waals surface area contributed by atoms with Crippen molar-refractivity contribution in [3.05, 3.63) is 90.0 Å². The van der Waals surface area contributed by atoms with Crippen LogP contribution in [0.3, 0.4) is 0 Å². The van der Waals surface area contributed by atoms with Gasteiger partial charge in [0.25, 0.3) is 5.91 Å². The summed E-state index contributed by atoms with van der Waals surface area (Å²) in [5, 5.41) is 16.3. The minimum atomic E-state index is -0.498. The maximum Gasteiger partial charge on any atom is 0.292 e. The number of nitrogens with zero attached hydrogens (tertiary/aromatic N) is 3. The number of aromatic nitrogens is 2. The van der Waals surface area contributed by atoms with Crippen LogP contribution >= 0.6 is 0 Å². The second-order valence-electron chi connectivity index (χ2n) is 6.45. The van der Waals surface area contributed by atoms with Crippen LogP contribution in [-0.4, -0.2) is 22.8 Å². The molecule has 0 saturated carbocycles.